The Morgan fingerprint density at radius 1 is 0.925 bits per heavy atom. The number of hydrogen-bond donors (Lipinski definition) is 0. The Balaban J connectivity index is 1.72. The van der Waals surface area contributed by atoms with E-state index in [0.29, 0.717) is 57.3 Å². The van der Waals surface area contributed by atoms with Gasteiger partial charge in [-0.15, -0.1) is 0 Å². The third-order valence-corrected chi connectivity index (χ3v) is 7.55. The minimum absolute atomic E-state index is 0.237. The summed E-state index contributed by atoms with van der Waals surface area (Å²) in [4.78, 5) is 27.6. The highest BCUT2D eigenvalue weighted by Gasteiger charge is 2.25. The lowest BCUT2D eigenvalue weighted by atomic mass is 9.92. The van der Waals surface area contributed by atoms with E-state index in [4.69, 9.17) is 39.5 Å². The van der Waals surface area contributed by atoms with Crippen molar-refractivity contribution in [2.24, 2.45) is 0 Å². The number of pyridine rings is 1. The molecule has 206 valence electrons. The molecule has 1 amide bonds. The van der Waals surface area contributed by atoms with Crippen molar-refractivity contribution in [1.29, 1.82) is 0 Å². The molecule has 0 atom stereocenters. The van der Waals surface area contributed by atoms with Crippen molar-refractivity contribution in [2.75, 3.05) is 13.1 Å². The van der Waals surface area contributed by atoms with E-state index in [-0.39, 0.29) is 16.7 Å². The van der Waals surface area contributed by atoms with Crippen LogP contribution in [0, 0.1) is 5.82 Å². The van der Waals surface area contributed by atoms with Crippen molar-refractivity contribution in [1.82, 2.24) is 9.47 Å². The maximum atomic E-state index is 14.0. The molecule has 0 radical (unpaired) electrons. The van der Waals surface area contributed by atoms with Crippen LogP contribution in [0.5, 0.6) is 0 Å². The average molecular weight is 600 g/mol. The lowest BCUT2D eigenvalue weighted by molar-refractivity contribution is 0.0270. The smallest absolute Gasteiger partial charge is 0.410 e. The van der Waals surface area contributed by atoms with E-state index in [2.05, 4.69) is 0 Å². The first-order valence-corrected chi connectivity index (χ1v) is 13.8. The molecule has 2 heterocycles. The number of carbonyl (C=O) groups is 1. The second-order valence-electron chi connectivity index (χ2n) is 10.6. The average Bonchev–Trinajstić information content (AvgIpc) is 2.88. The molecule has 0 N–H and O–H groups in total. The topological polar surface area (TPSA) is 51.5 Å². The maximum absolute atomic E-state index is 14.0. The van der Waals surface area contributed by atoms with Crippen LogP contribution < -0.4 is 5.56 Å². The molecule has 1 aliphatic rings. The normalized spacial score (nSPS) is 13.9. The van der Waals surface area contributed by atoms with Gasteiger partial charge in [0.05, 0.1) is 26.3 Å². The highest BCUT2D eigenvalue weighted by molar-refractivity contribution is 6.38. The highest BCUT2D eigenvalue weighted by Crippen LogP contribution is 2.39. The standard InChI is InChI=1S/C31H26Cl3FN2O3/c1-31(2,3)40-30(39)36-13-11-18(12-14-36)19-15-23(21-8-7-20(35)17-26(21)34)22-9-10-28(38)37(27(22)16-19)29-24(32)5-4-6-25(29)33/h4-11,15-17H,12-14H2,1-3H3. The molecule has 0 unspecified atom stereocenters. The third kappa shape index (κ3) is 5.62. The Kier molecular flexibility index (Phi) is 7.71. The van der Waals surface area contributed by atoms with Gasteiger partial charge < -0.3 is 9.64 Å². The van der Waals surface area contributed by atoms with Gasteiger partial charge in [0, 0.05) is 30.1 Å². The molecule has 1 aliphatic heterocycles. The quantitative estimate of drug-likeness (QED) is 0.237. The zero-order valence-corrected chi connectivity index (χ0v) is 24.4. The van der Waals surface area contributed by atoms with E-state index in [9.17, 15) is 14.0 Å². The number of fused-ring (bicyclic) bond motifs is 1. The molecule has 5 nitrogen and oxygen atoms in total. The van der Waals surface area contributed by atoms with Crippen molar-refractivity contribution < 1.29 is 13.9 Å². The van der Waals surface area contributed by atoms with Gasteiger partial charge in [-0.05, 0) is 92.4 Å². The first-order valence-electron chi connectivity index (χ1n) is 12.7. The molecule has 40 heavy (non-hydrogen) atoms. The van der Waals surface area contributed by atoms with Gasteiger partial charge in [0.15, 0.2) is 0 Å². The van der Waals surface area contributed by atoms with E-state index < -0.39 is 11.4 Å². The van der Waals surface area contributed by atoms with E-state index in [0.717, 1.165) is 11.1 Å². The monoisotopic (exact) mass is 598 g/mol. The number of para-hydroxylation sites is 1. The molecular weight excluding hydrogens is 574 g/mol. The summed E-state index contributed by atoms with van der Waals surface area (Å²) in [6.45, 7) is 6.32. The van der Waals surface area contributed by atoms with Crippen LogP contribution in [0.25, 0.3) is 33.3 Å². The number of aromatic nitrogens is 1. The predicted octanol–water partition coefficient (Wildman–Crippen LogP) is 8.78. The van der Waals surface area contributed by atoms with Crippen molar-refractivity contribution in [3.63, 3.8) is 0 Å². The fourth-order valence-electron chi connectivity index (χ4n) is 4.82. The maximum Gasteiger partial charge on any atom is 0.410 e. The Morgan fingerprint density at radius 3 is 2.27 bits per heavy atom. The van der Waals surface area contributed by atoms with Crippen molar-refractivity contribution >= 4 is 57.4 Å². The third-order valence-electron chi connectivity index (χ3n) is 6.63. The largest absolute Gasteiger partial charge is 0.444 e. The molecule has 0 spiro atoms. The summed E-state index contributed by atoms with van der Waals surface area (Å²) in [5, 5.41) is 1.58. The van der Waals surface area contributed by atoms with Crippen molar-refractivity contribution in [3.8, 4) is 16.8 Å². The lowest BCUT2D eigenvalue weighted by Gasteiger charge is -2.30. The van der Waals surface area contributed by atoms with Crippen molar-refractivity contribution in [2.45, 2.75) is 32.8 Å². The summed E-state index contributed by atoms with van der Waals surface area (Å²) < 4.78 is 21.0. The van der Waals surface area contributed by atoms with Gasteiger partial charge in [-0.1, -0.05) is 46.9 Å². The fourth-order valence-corrected chi connectivity index (χ4v) is 5.65. The number of carbonyl (C=O) groups excluding carboxylic acids is 1. The minimum Gasteiger partial charge on any atom is -0.444 e. The number of rotatable bonds is 3. The number of ether oxygens (including phenoxy) is 1. The second kappa shape index (κ2) is 10.9. The highest BCUT2D eigenvalue weighted by atomic mass is 35.5. The van der Waals surface area contributed by atoms with Gasteiger partial charge >= 0.3 is 6.09 Å². The van der Waals surface area contributed by atoms with Gasteiger partial charge in [-0.3, -0.25) is 9.36 Å². The van der Waals surface area contributed by atoms with Crippen LogP contribution in [0.15, 0.2) is 71.5 Å². The molecular formula is C31H26Cl3FN2O3. The molecule has 9 heteroatoms. The van der Waals surface area contributed by atoms with Gasteiger partial charge in [0.25, 0.3) is 5.56 Å². The number of hydrogen-bond acceptors (Lipinski definition) is 3. The fraction of sp³-hybridized carbons (Fsp3) is 0.226. The zero-order valence-electron chi connectivity index (χ0n) is 22.1. The Morgan fingerprint density at radius 2 is 1.65 bits per heavy atom. The summed E-state index contributed by atoms with van der Waals surface area (Å²) in [7, 11) is 0. The molecule has 3 aromatic carbocycles. The number of nitrogens with zero attached hydrogens (tertiary/aromatic N) is 2. The number of benzene rings is 3. The number of amides is 1. The van der Waals surface area contributed by atoms with Crippen LogP contribution in [0.1, 0.15) is 32.8 Å². The minimum atomic E-state index is -0.591. The first kappa shape index (κ1) is 28.2. The molecule has 5 rings (SSSR count). The SMILES string of the molecule is CC(C)(C)OC(=O)N1CC=C(c2cc(-c3ccc(F)cc3Cl)c3ccc(=O)n(-c4c(Cl)cccc4Cl)c3c2)CC1. The summed E-state index contributed by atoms with van der Waals surface area (Å²) in [6, 6.07) is 16.3. The van der Waals surface area contributed by atoms with Crippen LogP contribution in [0.3, 0.4) is 0 Å². The van der Waals surface area contributed by atoms with Crippen LogP contribution in [-0.4, -0.2) is 34.3 Å². The molecule has 0 saturated carbocycles. The summed E-state index contributed by atoms with van der Waals surface area (Å²) in [6.07, 6.45) is 2.16. The summed E-state index contributed by atoms with van der Waals surface area (Å²) in [5.41, 5.74) is 3.15. The van der Waals surface area contributed by atoms with E-state index >= 15 is 0 Å². The van der Waals surface area contributed by atoms with Gasteiger partial charge in [-0.25, -0.2) is 9.18 Å². The van der Waals surface area contributed by atoms with E-state index in [1.165, 1.54) is 22.8 Å². The predicted molar refractivity (Wildman–Crippen MR) is 160 cm³/mol. The summed E-state index contributed by atoms with van der Waals surface area (Å²) >= 11 is 19.6. The number of halogens is 4. The van der Waals surface area contributed by atoms with Crippen LogP contribution in [-0.2, 0) is 4.74 Å². The Hall–Kier alpha value is -3.32. The molecule has 0 aliphatic carbocycles. The Bertz CT molecular complexity index is 1720. The zero-order chi connectivity index (χ0) is 28.8. The van der Waals surface area contributed by atoms with Crippen LogP contribution in [0.4, 0.5) is 9.18 Å². The molecule has 1 aromatic heterocycles. The molecule has 0 fully saturated rings. The molecule has 4 aromatic rings. The van der Waals surface area contributed by atoms with Crippen molar-refractivity contribution in [3.05, 3.63) is 104 Å². The van der Waals surface area contributed by atoms with Gasteiger partial charge in [0.2, 0.25) is 0 Å². The second-order valence-corrected chi connectivity index (χ2v) is 11.8. The molecule has 0 bridgehead atoms. The first-order chi connectivity index (χ1) is 18.9. The van der Waals surface area contributed by atoms with Crippen LogP contribution in [0.2, 0.25) is 15.1 Å². The van der Waals surface area contributed by atoms with Gasteiger partial charge in [0.1, 0.15) is 11.4 Å². The van der Waals surface area contributed by atoms with Crippen LogP contribution >= 0.6 is 34.8 Å². The summed E-state index contributed by atoms with van der Waals surface area (Å²) in [5.74, 6) is -0.453. The van der Waals surface area contributed by atoms with Gasteiger partial charge in [-0.2, -0.15) is 0 Å². The lowest BCUT2D eigenvalue weighted by Crippen LogP contribution is -2.39. The van der Waals surface area contributed by atoms with E-state index in [1.807, 2.05) is 39.0 Å². The Labute approximate surface area is 246 Å². The molecule has 0 saturated heterocycles. The van der Waals surface area contributed by atoms with E-state index in [1.54, 1.807) is 35.2 Å².